The van der Waals surface area contributed by atoms with Crippen molar-refractivity contribution in [2.45, 2.75) is 6.92 Å². The van der Waals surface area contributed by atoms with Crippen molar-refractivity contribution in [2.75, 3.05) is 6.61 Å². The maximum atomic E-state index is 11.2. The Morgan fingerprint density at radius 1 is 1.12 bits per heavy atom. The van der Waals surface area contributed by atoms with E-state index in [-0.39, 0.29) is 6.61 Å². The summed E-state index contributed by atoms with van der Waals surface area (Å²) in [7, 11) is 0. The number of esters is 1. The zero-order valence-corrected chi connectivity index (χ0v) is 9.29. The first kappa shape index (κ1) is 12.9. The van der Waals surface area contributed by atoms with Crippen LogP contribution in [0.1, 0.15) is 6.92 Å². The van der Waals surface area contributed by atoms with E-state index in [0.717, 1.165) is 12.2 Å². The summed E-state index contributed by atoms with van der Waals surface area (Å²) in [6.07, 6.45) is 1.90. The minimum absolute atomic E-state index is 0.244. The Kier molecular flexibility index (Phi) is 5.46. The van der Waals surface area contributed by atoms with Crippen LogP contribution in [0.4, 0.5) is 0 Å². The molecule has 0 unspecified atom stereocenters. The third-order valence-electron chi connectivity index (χ3n) is 1.58. The van der Waals surface area contributed by atoms with Gasteiger partial charge in [-0.05, 0) is 19.1 Å². The second-order valence-electron chi connectivity index (χ2n) is 2.88. The van der Waals surface area contributed by atoms with Gasteiger partial charge in [0.2, 0.25) is 0 Å². The van der Waals surface area contributed by atoms with Gasteiger partial charge in [0, 0.05) is 12.2 Å². The van der Waals surface area contributed by atoms with E-state index in [1.165, 1.54) is 0 Å². The highest BCUT2D eigenvalue weighted by Crippen LogP contribution is 2.08. The molecule has 0 aliphatic heterocycles. The molecule has 0 aromatic heterocycles. The fourth-order valence-electron chi connectivity index (χ4n) is 0.920. The molecule has 1 aromatic rings. The minimum atomic E-state index is -0.767. The number of carbonyl (C=O) groups is 2. The van der Waals surface area contributed by atoms with Crippen LogP contribution in [-0.2, 0) is 19.4 Å². The molecule has 90 valence electrons. The van der Waals surface area contributed by atoms with Crippen LogP contribution in [0.15, 0.2) is 42.5 Å². The zero-order valence-electron chi connectivity index (χ0n) is 9.29. The molecule has 5 nitrogen and oxygen atoms in total. The van der Waals surface area contributed by atoms with Gasteiger partial charge in [-0.2, -0.15) is 4.89 Å². The van der Waals surface area contributed by atoms with E-state index in [9.17, 15) is 9.59 Å². The summed E-state index contributed by atoms with van der Waals surface area (Å²) in [5.74, 6) is -1.03. The number of carbonyl (C=O) groups excluding carboxylic acids is 2. The summed E-state index contributed by atoms with van der Waals surface area (Å²) < 4.78 is 4.89. The molecular formula is C12H12O5. The van der Waals surface area contributed by atoms with Gasteiger partial charge in [0.25, 0.3) is 0 Å². The standard InChI is InChI=1S/C12H12O5/c1-2-15-17-12(14)9-8-11(13)16-10-6-4-3-5-7-10/h3-9H,2H2,1H3/b9-8-. The number of hydrogen-bond donors (Lipinski definition) is 0. The number of ether oxygens (including phenoxy) is 1. The molecule has 1 aromatic carbocycles. The number of rotatable bonds is 5. The Hall–Kier alpha value is -2.14. The maximum Gasteiger partial charge on any atom is 0.366 e. The van der Waals surface area contributed by atoms with Gasteiger partial charge in [-0.25, -0.2) is 9.59 Å². The largest absolute Gasteiger partial charge is 0.423 e. The van der Waals surface area contributed by atoms with Crippen LogP contribution >= 0.6 is 0 Å². The van der Waals surface area contributed by atoms with Crippen molar-refractivity contribution in [3.05, 3.63) is 42.5 Å². The molecule has 1 rings (SSSR count). The molecule has 0 bridgehead atoms. The van der Waals surface area contributed by atoms with Gasteiger partial charge >= 0.3 is 11.9 Å². The summed E-state index contributed by atoms with van der Waals surface area (Å²) in [5, 5.41) is 0. The van der Waals surface area contributed by atoms with E-state index >= 15 is 0 Å². The third kappa shape index (κ3) is 5.48. The number of para-hydroxylation sites is 1. The Morgan fingerprint density at radius 3 is 2.41 bits per heavy atom. The molecule has 0 fully saturated rings. The van der Waals surface area contributed by atoms with Crippen molar-refractivity contribution in [2.24, 2.45) is 0 Å². The summed E-state index contributed by atoms with van der Waals surface area (Å²) in [4.78, 5) is 30.8. The van der Waals surface area contributed by atoms with Gasteiger partial charge in [-0.15, -0.1) is 0 Å². The van der Waals surface area contributed by atoms with Crippen molar-refractivity contribution in [1.82, 2.24) is 0 Å². The van der Waals surface area contributed by atoms with Crippen LogP contribution in [-0.4, -0.2) is 18.5 Å². The van der Waals surface area contributed by atoms with Crippen LogP contribution in [0.5, 0.6) is 5.75 Å². The molecule has 0 aliphatic carbocycles. The van der Waals surface area contributed by atoms with Crippen LogP contribution < -0.4 is 4.74 Å². The lowest BCUT2D eigenvalue weighted by molar-refractivity contribution is -0.264. The predicted octanol–water partition coefficient (Wildman–Crippen LogP) is 1.64. The fraction of sp³-hybridized carbons (Fsp3) is 0.167. The first-order valence-electron chi connectivity index (χ1n) is 5.00. The SMILES string of the molecule is CCOOC(=O)/C=C\C(=O)Oc1ccccc1. The van der Waals surface area contributed by atoms with E-state index in [1.807, 2.05) is 0 Å². The number of hydrogen-bond acceptors (Lipinski definition) is 5. The number of benzene rings is 1. The molecule has 0 saturated heterocycles. The van der Waals surface area contributed by atoms with Gasteiger partial charge in [0.1, 0.15) is 5.75 Å². The van der Waals surface area contributed by atoms with E-state index < -0.39 is 11.9 Å². The fourth-order valence-corrected chi connectivity index (χ4v) is 0.920. The second kappa shape index (κ2) is 7.19. The highest BCUT2D eigenvalue weighted by atomic mass is 17.2. The molecule has 0 heterocycles. The van der Waals surface area contributed by atoms with Gasteiger partial charge in [0.15, 0.2) is 0 Å². The molecule has 0 amide bonds. The topological polar surface area (TPSA) is 61.8 Å². The van der Waals surface area contributed by atoms with Gasteiger partial charge in [0.05, 0.1) is 6.61 Å². The van der Waals surface area contributed by atoms with Crippen LogP contribution in [0.2, 0.25) is 0 Å². The van der Waals surface area contributed by atoms with Gasteiger partial charge in [-0.3, -0.25) is 4.89 Å². The quantitative estimate of drug-likeness (QED) is 0.256. The predicted molar refractivity (Wildman–Crippen MR) is 58.9 cm³/mol. The first-order chi connectivity index (χ1) is 8.22. The molecule has 17 heavy (non-hydrogen) atoms. The molecule has 0 spiro atoms. The molecule has 0 aliphatic rings. The molecule has 0 radical (unpaired) electrons. The average Bonchev–Trinajstić information content (AvgIpc) is 2.35. The third-order valence-corrected chi connectivity index (χ3v) is 1.58. The molecule has 0 N–H and O–H groups in total. The minimum Gasteiger partial charge on any atom is -0.423 e. The highest BCUT2D eigenvalue weighted by molar-refractivity contribution is 5.92. The normalized spacial score (nSPS) is 10.2. The highest BCUT2D eigenvalue weighted by Gasteiger charge is 2.02. The lowest BCUT2D eigenvalue weighted by Gasteiger charge is -1.99. The van der Waals surface area contributed by atoms with E-state index in [0.29, 0.717) is 5.75 Å². The zero-order chi connectivity index (χ0) is 12.5. The lowest BCUT2D eigenvalue weighted by Crippen LogP contribution is -2.06. The maximum absolute atomic E-state index is 11.2. The van der Waals surface area contributed by atoms with Gasteiger partial charge < -0.3 is 4.74 Å². The average molecular weight is 236 g/mol. The molecular weight excluding hydrogens is 224 g/mol. The van der Waals surface area contributed by atoms with Crippen molar-refractivity contribution in [1.29, 1.82) is 0 Å². The van der Waals surface area contributed by atoms with Crippen molar-refractivity contribution in [3.63, 3.8) is 0 Å². The van der Waals surface area contributed by atoms with Crippen molar-refractivity contribution >= 4 is 11.9 Å². The smallest absolute Gasteiger partial charge is 0.366 e. The van der Waals surface area contributed by atoms with E-state index in [4.69, 9.17) is 4.74 Å². The molecule has 0 atom stereocenters. The van der Waals surface area contributed by atoms with Crippen LogP contribution in [0, 0.1) is 0 Å². The molecule has 0 saturated carbocycles. The van der Waals surface area contributed by atoms with Crippen molar-refractivity contribution in [3.8, 4) is 5.75 Å². The van der Waals surface area contributed by atoms with Crippen LogP contribution in [0.3, 0.4) is 0 Å². The van der Waals surface area contributed by atoms with Gasteiger partial charge in [-0.1, -0.05) is 18.2 Å². The summed E-state index contributed by atoms with van der Waals surface area (Å²) >= 11 is 0. The Balaban J connectivity index is 2.39. The Labute approximate surface area is 98.5 Å². The second-order valence-corrected chi connectivity index (χ2v) is 2.88. The summed E-state index contributed by atoms with van der Waals surface area (Å²) in [6, 6.07) is 8.52. The van der Waals surface area contributed by atoms with E-state index in [1.54, 1.807) is 37.3 Å². The van der Waals surface area contributed by atoms with Crippen molar-refractivity contribution < 1.29 is 24.1 Å². The van der Waals surface area contributed by atoms with E-state index in [2.05, 4.69) is 9.78 Å². The first-order valence-corrected chi connectivity index (χ1v) is 5.00. The lowest BCUT2D eigenvalue weighted by atomic mass is 10.3. The summed E-state index contributed by atoms with van der Waals surface area (Å²) in [5.41, 5.74) is 0. The Bertz CT molecular complexity index is 397. The Morgan fingerprint density at radius 2 is 1.76 bits per heavy atom. The monoisotopic (exact) mass is 236 g/mol. The summed E-state index contributed by atoms with van der Waals surface area (Å²) in [6.45, 7) is 1.91. The van der Waals surface area contributed by atoms with Crippen LogP contribution in [0.25, 0.3) is 0 Å². The molecule has 5 heteroatoms.